The zero-order valence-corrected chi connectivity index (χ0v) is 9.89. The average molecular weight is 227 g/mol. The molecular weight excluding hydrogens is 210 g/mol. The highest BCUT2D eigenvalue weighted by molar-refractivity contribution is 5.75. The van der Waals surface area contributed by atoms with Crippen molar-refractivity contribution < 1.29 is 0 Å². The van der Waals surface area contributed by atoms with Gasteiger partial charge in [-0.3, -0.25) is 5.10 Å². The predicted molar refractivity (Wildman–Crippen MR) is 70.1 cm³/mol. The Hall–Kier alpha value is -1.77. The zero-order valence-electron chi connectivity index (χ0n) is 9.89. The van der Waals surface area contributed by atoms with Crippen LogP contribution in [0.5, 0.6) is 0 Å². The fraction of sp³-hybridized carbons (Fsp3) is 0.357. The Bertz CT molecular complexity index is 469. The maximum Gasteiger partial charge on any atom is 0.132 e. The first-order chi connectivity index (χ1) is 8.45. The number of aromatic nitrogens is 2. The van der Waals surface area contributed by atoms with Crippen molar-refractivity contribution in [2.45, 2.75) is 19.3 Å². The van der Waals surface area contributed by atoms with Gasteiger partial charge in [0.05, 0.1) is 6.20 Å². The summed E-state index contributed by atoms with van der Waals surface area (Å²) in [6.07, 6.45) is 5.85. The summed E-state index contributed by atoms with van der Waals surface area (Å²) in [6, 6.07) is 10.5. The van der Waals surface area contributed by atoms with Crippen LogP contribution in [0.15, 0.2) is 36.5 Å². The van der Waals surface area contributed by atoms with Crippen LogP contribution in [0.4, 0.5) is 5.82 Å². The van der Waals surface area contributed by atoms with Crippen molar-refractivity contribution in [1.82, 2.24) is 10.2 Å². The quantitative estimate of drug-likeness (QED) is 0.855. The molecule has 3 nitrogen and oxygen atoms in total. The van der Waals surface area contributed by atoms with Crippen LogP contribution in [-0.2, 0) is 0 Å². The van der Waals surface area contributed by atoms with Crippen LogP contribution in [0.2, 0.25) is 0 Å². The van der Waals surface area contributed by atoms with E-state index in [9.17, 15) is 0 Å². The SMILES string of the molecule is c1ccc(-c2cn[nH]c2N2CCCCC2)cc1. The molecule has 2 heterocycles. The topological polar surface area (TPSA) is 31.9 Å². The summed E-state index contributed by atoms with van der Waals surface area (Å²) in [6.45, 7) is 2.28. The molecule has 1 aromatic carbocycles. The van der Waals surface area contributed by atoms with E-state index in [0.29, 0.717) is 0 Å². The highest BCUT2D eigenvalue weighted by Crippen LogP contribution is 2.29. The molecule has 88 valence electrons. The van der Waals surface area contributed by atoms with Crippen molar-refractivity contribution in [3.63, 3.8) is 0 Å². The molecule has 0 radical (unpaired) electrons. The molecule has 0 saturated carbocycles. The number of aromatic amines is 1. The first-order valence-corrected chi connectivity index (χ1v) is 6.29. The van der Waals surface area contributed by atoms with E-state index in [-0.39, 0.29) is 0 Å². The van der Waals surface area contributed by atoms with Crippen molar-refractivity contribution in [3.8, 4) is 11.1 Å². The van der Waals surface area contributed by atoms with Crippen LogP contribution < -0.4 is 4.90 Å². The lowest BCUT2D eigenvalue weighted by molar-refractivity contribution is 0.573. The van der Waals surface area contributed by atoms with Crippen LogP contribution in [0, 0.1) is 0 Å². The van der Waals surface area contributed by atoms with Gasteiger partial charge in [-0.15, -0.1) is 0 Å². The maximum atomic E-state index is 4.21. The van der Waals surface area contributed by atoms with Crippen LogP contribution in [0.1, 0.15) is 19.3 Å². The van der Waals surface area contributed by atoms with E-state index in [1.54, 1.807) is 0 Å². The molecule has 3 rings (SSSR count). The number of anilines is 1. The van der Waals surface area contributed by atoms with Crippen molar-refractivity contribution in [2.24, 2.45) is 0 Å². The van der Waals surface area contributed by atoms with Gasteiger partial charge in [0.1, 0.15) is 5.82 Å². The van der Waals surface area contributed by atoms with E-state index in [1.165, 1.54) is 36.2 Å². The van der Waals surface area contributed by atoms with E-state index in [2.05, 4.69) is 39.4 Å². The van der Waals surface area contributed by atoms with Crippen molar-refractivity contribution in [2.75, 3.05) is 18.0 Å². The van der Waals surface area contributed by atoms with Crippen LogP contribution in [0.3, 0.4) is 0 Å². The lowest BCUT2D eigenvalue weighted by Crippen LogP contribution is -2.30. The zero-order chi connectivity index (χ0) is 11.5. The Labute approximate surface area is 101 Å². The number of nitrogens with one attached hydrogen (secondary N) is 1. The van der Waals surface area contributed by atoms with Gasteiger partial charge >= 0.3 is 0 Å². The van der Waals surface area contributed by atoms with Crippen molar-refractivity contribution >= 4 is 5.82 Å². The third kappa shape index (κ3) is 2.05. The molecule has 0 unspecified atom stereocenters. The second-order valence-corrected chi connectivity index (χ2v) is 4.55. The molecule has 3 heteroatoms. The molecule has 1 aliphatic heterocycles. The van der Waals surface area contributed by atoms with Crippen LogP contribution in [0.25, 0.3) is 11.1 Å². The molecule has 1 N–H and O–H groups in total. The van der Waals surface area contributed by atoms with Crippen LogP contribution in [-0.4, -0.2) is 23.3 Å². The molecule has 0 amide bonds. The highest BCUT2D eigenvalue weighted by Gasteiger charge is 2.16. The lowest BCUT2D eigenvalue weighted by Gasteiger charge is -2.28. The van der Waals surface area contributed by atoms with E-state index in [0.717, 1.165) is 13.1 Å². The third-order valence-corrected chi connectivity index (χ3v) is 3.38. The number of piperidine rings is 1. The summed E-state index contributed by atoms with van der Waals surface area (Å²) in [5.74, 6) is 1.18. The standard InChI is InChI=1S/C14H17N3/c1-3-7-12(8-4-1)13-11-15-16-14(13)17-9-5-2-6-10-17/h1,3-4,7-8,11H,2,5-6,9-10H2,(H,15,16). The molecule has 17 heavy (non-hydrogen) atoms. The molecule has 0 spiro atoms. The minimum Gasteiger partial charge on any atom is -0.356 e. The van der Waals surface area contributed by atoms with Gasteiger partial charge in [-0.05, 0) is 24.8 Å². The smallest absolute Gasteiger partial charge is 0.132 e. The third-order valence-electron chi connectivity index (χ3n) is 3.38. The Kier molecular flexibility index (Phi) is 2.82. The van der Waals surface area contributed by atoms with Gasteiger partial charge in [0.25, 0.3) is 0 Å². The summed E-state index contributed by atoms with van der Waals surface area (Å²) >= 11 is 0. The Morgan fingerprint density at radius 2 is 1.76 bits per heavy atom. The molecule has 1 saturated heterocycles. The summed E-state index contributed by atoms with van der Waals surface area (Å²) < 4.78 is 0. The first kappa shape index (κ1) is 10.4. The maximum absolute atomic E-state index is 4.21. The number of hydrogen-bond donors (Lipinski definition) is 1. The van der Waals surface area contributed by atoms with Crippen LogP contribution >= 0.6 is 0 Å². The van der Waals surface area contributed by atoms with Gasteiger partial charge < -0.3 is 4.90 Å². The van der Waals surface area contributed by atoms with E-state index < -0.39 is 0 Å². The second kappa shape index (κ2) is 4.62. The fourth-order valence-electron chi connectivity index (χ4n) is 2.47. The normalized spacial score (nSPS) is 16.1. The number of rotatable bonds is 2. The number of benzene rings is 1. The Balaban J connectivity index is 1.93. The Morgan fingerprint density at radius 1 is 1.00 bits per heavy atom. The van der Waals surface area contributed by atoms with E-state index >= 15 is 0 Å². The molecule has 0 bridgehead atoms. The summed E-state index contributed by atoms with van der Waals surface area (Å²) in [5.41, 5.74) is 2.45. The van der Waals surface area contributed by atoms with Gasteiger partial charge in [-0.1, -0.05) is 30.3 Å². The predicted octanol–water partition coefficient (Wildman–Crippen LogP) is 3.07. The molecule has 0 atom stereocenters. The molecule has 1 aliphatic rings. The summed E-state index contributed by atoms with van der Waals surface area (Å²) in [5, 5.41) is 7.36. The second-order valence-electron chi connectivity index (χ2n) is 4.55. The van der Waals surface area contributed by atoms with Gasteiger partial charge in [-0.2, -0.15) is 5.10 Å². The molecule has 2 aromatic rings. The van der Waals surface area contributed by atoms with Crippen molar-refractivity contribution in [1.29, 1.82) is 0 Å². The summed E-state index contributed by atoms with van der Waals surface area (Å²) in [7, 11) is 0. The summed E-state index contributed by atoms with van der Waals surface area (Å²) in [4.78, 5) is 2.42. The van der Waals surface area contributed by atoms with Gasteiger partial charge in [-0.25, -0.2) is 0 Å². The Morgan fingerprint density at radius 3 is 2.53 bits per heavy atom. The van der Waals surface area contributed by atoms with Crippen molar-refractivity contribution in [3.05, 3.63) is 36.5 Å². The number of hydrogen-bond acceptors (Lipinski definition) is 2. The lowest BCUT2D eigenvalue weighted by atomic mass is 10.1. The largest absolute Gasteiger partial charge is 0.356 e. The number of nitrogens with zero attached hydrogens (tertiary/aromatic N) is 2. The average Bonchev–Trinajstić information content (AvgIpc) is 2.90. The minimum absolute atomic E-state index is 1.14. The minimum atomic E-state index is 1.14. The van der Waals surface area contributed by atoms with Gasteiger partial charge in [0.15, 0.2) is 0 Å². The molecule has 0 aliphatic carbocycles. The fourth-order valence-corrected chi connectivity index (χ4v) is 2.47. The number of H-pyrrole nitrogens is 1. The van der Waals surface area contributed by atoms with E-state index in [4.69, 9.17) is 0 Å². The monoisotopic (exact) mass is 227 g/mol. The van der Waals surface area contributed by atoms with E-state index in [1.807, 2.05) is 12.3 Å². The van der Waals surface area contributed by atoms with Gasteiger partial charge in [0, 0.05) is 18.7 Å². The molecule has 1 aromatic heterocycles. The molecule has 1 fully saturated rings. The first-order valence-electron chi connectivity index (χ1n) is 6.29. The molecular formula is C14H17N3. The van der Waals surface area contributed by atoms with Gasteiger partial charge in [0.2, 0.25) is 0 Å². The highest BCUT2D eigenvalue weighted by atomic mass is 15.3.